The van der Waals surface area contributed by atoms with Crippen LogP contribution in [0, 0.1) is 0 Å². The van der Waals surface area contributed by atoms with Crippen molar-refractivity contribution in [1.29, 1.82) is 0 Å². The number of rotatable bonds is 8. The van der Waals surface area contributed by atoms with E-state index in [1.807, 2.05) is 91.0 Å². The quantitative estimate of drug-likeness (QED) is 0.250. The number of fused-ring (bicyclic) bond motifs is 1. The summed E-state index contributed by atoms with van der Waals surface area (Å²) in [4.78, 5) is 0. The van der Waals surface area contributed by atoms with Crippen molar-refractivity contribution < 1.29 is 14.2 Å². The molecule has 0 fully saturated rings. The molecule has 0 aliphatic rings. The maximum Gasteiger partial charge on any atom is 0.169 e. The van der Waals surface area contributed by atoms with Crippen molar-refractivity contribution in [3.63, 3.8) is 0 Å². The third-order valence-electron chi connectivity index (χ3n) is 5.33. The van der Waals surface area contributed by atoms with Crippen LogP contribution in [0.1, 0.15) is 11.1 Å². The van der Waals surface area contributed by atoms with Crippen LogP contribution < -0.4 is 14.2 Å². The fraction of sp³-hybridized carbons (Fsp3) is 0.0667. The summed E-state index contributed by atoms with van der Waals surface area (Å²) in [5, 5.41) is 2.09. The summed E-state index contributed by atoms with van der Waals surface area (Å²) in [6, 6.07) is 40.1. The summed E-state index contributed by atoms with van der Waals surface area (Å²) < 4.78 is 18.4. The molecule has 0 atom stereocenters. The first kappa shape index (κ1) is 20.7. The van der Waals surface area contributed by atoms with Gasteiger partial charge >= 0.3 is 0 Å². The molecule has 0 bridgehead atoms. The maximum absolute atomic E-state index is 6.21. The van der Waals surface area contributed by atoms with Crippen molar-refractivity contribution in [2.75, 3.05) is 0 Å². The zero-order chi connectivity index (χ0) is 22.3. The van der Waals surface area contributed by atoms with Gasteiger partial charge in [0.05, 0.1) is 0 Å². The molecule has 3 nitrogen and oxygen atoms in total. The standard InChI is InChI=1S/C30H24O3/c1-4-10-23(11-5-1)21-31-28-17-16-25-19-29(32-22-24-12-6-2-7-13-24)30(20-26(25)18-28)33-27-14-8-3-9-15-27/h1-20H,21-22H2. The molecular weight excluding hydrogens is 408 g/mol. The van der Waals surface area contributed by atoms with Gasteiger partial charge in [0.1, 0.15) is 24.7 Å². The summed E-state index contributed by atoms with van der Waals surface area (Å²) in [5.74, 6) is 2.95. The SMILES string of the molecule is c1ccc(COc2ccc3cc(OCc4ccccc4)c(Oc4ccccc4)cc3c2)cc1. The molecule has 162 valence electrons. The van der Waals surface area contributed by atoms with E-state index in [9.17, 15) is 0 Å². The summed E-state index contributed by atoms with van der Waals surface area (Å²) in [7, 11) is 0. The third kappa shape index (κ3) is 5.34. The molecule has 0 saturated carbocycles. The van der Waals surface area contributed by atoms with Gasteiger partial charge in [-0.2, -0.15) is 0 Å². The summed E-state index contributed by atoms with van der Waals surface area (Å²) in [6.07, 6.45) is 0. The molecule has 0 radical (unpaired) electrons. The average molecular weight is 433 g/mol. The van der Waals surface area contributed by atoms with Crippen LogP contribution in [0.5, 0.6) is 23.0 Å². The zero-order valence-corrected chi connectivity index (χ0v) is 18.2. The van der Waals surface area contributed by atoms with Gasteiger partial charge in [0.15, 0.2) is 11.5 Å². The van der Waals surface area contributed by atoms with E-state index in [0.717, 1.165) is 33.4 Å². The second kappa shape index (κ2) is 9.92. The lowest BCUT2D eigenvalue weighted by Crippen LogP contribution is -1.98. The fourth-order valence-corrected chi connectivity index (χ4v) is 3.61. The van der Waals surface area contributed by atoms with Gasteiger partial charge in [-0.3, -0.25) is 0 Å². The first-order valence-electron chi connectivity index (χ1n) is 11.0. The van der Waals surface area contributed by atoms with Gasteiger partial charge in [0.2, 0.25) is 0 Å². The van der Waals surface area contributed by atoms with E-state index in [1.54, 1.807) is 0 Å². The summed E-state index contributed by atoms with van der Waals surface area (Å²) >= 11 is 0. The highest BCUT2D eigenvalue weighted by Crippen LogP contribution is 2.37. The molecule has 0 N–H and O–H groups in total. The van der Waals surface area contributed by atoms with E-state index in [-0.39, 0.29) is 0 Å². The molecule has 0 amide bonds. The number of benzene rings is 5. The van der Waals surface area contributed by atoms with Gasteiger partial charge in [-0.25, -0.2) is 0 Å². The van der Waals surface area contributed by atoms with Gasteiger partial charge in [-0.1, -0.05) is 84.9 Å². The van der Waals surface area contributed by atoms with Gasteiger partial charge in [-0.15, -0.1) is 0 Å². The van der Waals surface area contributed by atoms with E-state index in [1.165, 1.54) is 0 Å². The third-order valence-corrected chi connectivity index (χ3v) is 5.33. The monoisotopic (exact) mass is 432 g/mol. The molecular formula is C30H24O3. The molecule has 5 rings (SSSR count). The Hall–Kier alpha value is -4.24. The predicted octanol–water partition coefficient (Wildman–Crippen LogP) is 7.79. The maximum atomic E-state index is 6.21. The minimum atomic E-state index is 0.468. The molecule has 0 saturated heterocycles. The Morgan fingerprint density at radius 1 is 0.424 bits per heavy atom. The van der Waals surface area contributed by atoms with Crippen LogP contribution in [0.4, 0.5) is 0 Å². The van der Waals surface area contributed by atoms with Crippen LogP contribution in [0.15, 0.2) is 121 Å². The number of ether oxygens (including phenoxy) is 3. The molecule has 0 heterocycles. The number of hydrogen-bond acceptors (Lipinski definition) is 3. The van der Waals surface area contributed by atoms with Gasteiger partial charge < -0.3 is 14.2 Å². The van der Waals surface area contributed by atoms with Crippen LogP contribution >= 0.6 is 0 Å². The predicted molar refractivity (Wildman–Crippen MR) is 132 cm³/mol. The Labute approximate surface area is 193 Å². The highest BCUT2D eigenvalue weighted by molar-refractivity contribution is 5.87. The van der Waals surface area contributed by atoms with Crippen LogP contribution in [-0.4, -0.2) is 0 Å². The van der Waals surface area contributed by atoms with Crippen LogP contribution in [0.2, 0.25) is 0 Å². The first-order valence-corrected chi connectivity index (χ1v) is 11.0. The minimum absolute atomic E-state index is 0.468. The van der Waals surface area contributed by atoms with Crippen LogP contribution in [0.25, 0.3) is 10.8 Å². The number of hydrogen-bond donors (Lipinski definition) is 0. The lowest BCUT2D eigenvalue weighted by Gasteiger charge is -2.15. The van der Waals surface area contributed by atoms with Gasteiger partial charge in [0, 0.05) is 0 Å². The molecule has 5 aromatic carbocycles. The summed E-state index contributed by atoms with van der Waals surface area (Å²) in [5.41, 5.74) is 2.24. The largest absolute Gasteiger partial charge is 0.489 e. The molecule has 5 aromatic rings. The molecule has 33 heavy (non-hydrogen) atoms. The van der Waals surface area contributed by atoms with Crippen molar-refractivity contribution in [2.24, 2.45) is 0 Å². The second-order valence-electron chi connectivity index (χ2n) is 7.77. The Bertz CT molecular complexity index is 1320. The van der Waals surface area contributed by atoms with Crippen LogP contribution in [0.3, 0.4) is 0 Å². The van der Waals surface area contributed by atoms with E-state index < -0.39 is 0 Å². The minimum Gasteiger partial charge on any atom is -0.489 e. The topological polar surface area (TPSA) is 27.7 Å². The van der Waals surface area contributed by atoms with Crippen molar-refractivity contribution in [3.05, 3.63) is 132 Å². The molecule has 0 aromatic heterocycles. The van der Waals surface area contributed by atoms with Crippen LogP contribution in [-0.2, 0) is 13.2 Å². The molecule has 0 spiro atoms. The molecule has 0 aliphatic carbocycles. The normalized spacial score (nSPS) is 10.7. The highest BCUT2D eigenvalue weighted by Gasteiger charge is 2.11. The Morgan fingerprint density at radius 3 is 1.67 bits per heavy atom. The summed E-state index contributed by atoms with van der Waals surface area (Å²) in [6.45, 7) is 0.994. The van der Waals surface area contributed by atoms with E-state index in [4.69, 9.17) is 14.2 Å². The zero-order valence-electron chi connectivity index (χ0n) is 18.2. The molecule has 3 heteroatoms. The van der Waals surface area contributed by atoms with Gasteiger partial charge in [-0.05, 0) is 58.3 Å². The first-order chi connectivity index (χ1) is 16.3. The van der Waals surface area contributed by atoms with Crippen molar-refractivity contribution >= 4 is 10.8 Å². The molecule has 0 unspecified atom stereocenters. The lowest BCUT2D eigenvalue weighted by atomic mass is 10.1. The molecule has 0 aliphatic heterocycles. The van der Waals surface area contributed by atoms with E-state index >= 15 is 0 Å². The van der Waals surface area contributed by atoms with E-state index in [0.29, 0.717) is 24.7 Å². The Morgan fingerprint density at radius 2 is 1.00 bits per heavy atom. The van der Waals surface area contributed by atoms with Crippen molar-refractivity contribution in [2.45, 2.75) is 13.2 Å². The van der Waals surface area contributed by atoms with E-state index in [2.05, 4.69) is 30.3 Å². The second-order valence-corrected chi connectivity index (χ2v) is 7.77. The van der Waals surface area contributed by atoms with Crippen molar-refractivity contribution in [1.82, 2.24) is 0 Å². The number of para-hydroxylation sites is 1. The Kier molecular flexibility index (Phi) is 6.21. The average Bonchev–Trinajstić information content (AvgIpc) is 2.88. The van der Waals surface area contributed by atoms with Crippen molar-refractivity contribution in [3.8, 4) is 23.0 Å². The smallest absolute Gasteiger partial charge is 0.169 e. The lowest BCUT2D eigenvalue weighted by molar-refractivity contribution is 0.292. The highest BCUT2D eigenvalue weighted by atomic mass is 16.5. The van der Waals surface area contributed by atoms with Gasteiger partial charge in [0.25, 0.3) is 0 Å². The fourth-order valence-electron chi connectivity index (χ4n) is 3.61. The Balaban J connectivity index is 1.43.